The van der Waals surface area contributed by atoms with Crippen molar-refractivity contribution in [3.8, 4) is 11.5 Å². The summed E-state index contributed by atoms with van der Waals surface area (Å²) in [5.74, 6) is 1.77. The van der Waals surface area contributed by atoms with Crippen molar-refractivity contribution in [2.45, 2.75) is 13.0 Å². The van der Waals surface area contributed by atoms with E-state index in [4.69, 9.17) is 14.7 Å². The van der Waals surface area contributed by atoms with Gasteiger partial charge in [0.25, 0.3) is 0 Å². The maximum Gasteiger partial charge on any atom is 0.180 e. The van der Waals surface area contributed by atoms with Crippen LogP contribution in [-0.4, -0.2) is 47.8 Å². The molecule has 1 N–H and O–H groups in total. The maximum absolute atomic E-state index is 5.47. The van der Waals surface area contributed by atoms with Crippen LogP contribution in [0.1, 0.15) is 11.3 Å². The molecule has 6 nitrogen and oxygen atoms in total. The zero-order valence-electron chi connectivity index (χ0n) is 12.5. The van der Waals surface area contributed by atoms with Crippen LogP contribution in [0.3, 0.4) is 0 Å². The molecule has 0 saturated carbocycles. The van der Waals surface area contributed by atoms with Gasteiger partial charge in [-0.3, -0.25) is 4.98 Å². The monoisotopic (exact) mass is 297 g/mol. The largest absolute Gasteiger partial charge is 0.378 e. The first-order chi connectivity index (χ1) is 10.9. The van der Waals surface area contributed by atoms with Crippen LogP contribution in [0.5, 0.6) is 0 Å². The van der Waals surface area contributed by atoms with Gasteiger partial charge in [-0.1, -0.05) is 6.07 Å². The molecule has 4 heterocycles. The van der Waals surface area contributed by atoms with Gasteiger partial charge < -0.3 is 15.0 Å². The second-order valence-electron chi connectivity index (χ2n) is 5.54. The number of ether oxygens (including phenoxy) is 1. The number of aromatic nitrogens is 3. The van der Waals surface area contributed by atoms with Crippen LogP contribution in [0.25, 0.3) is 11.5 Å². The van der Waals surface area contributed by atoms with E-state index in [-0.39, 0.29) is 0 Å². The Bertz CT molecular complexity index is 655. The van der Waals surface area contributed by atoms with E-state index < -0.39 is 0 Å². The normalized spacial score (nSPS) is 18.1. The Balaban J connectivity index is 1.80. The second kappa shape index (κ2) is 5.98. The van der Waals surface area contributed by atoms with E-state index in [0.717, 1.165) is 68.8 Å². The van der Waals surface area contributed by atoms with E-state index in [0.29, 0.717) is 0 Å². The summed E-state index contributed by atoms with van der Waals surface area (Å²) < 4.78 is 5.47. The minimum atomic E-state index is 0.725. The van der Waals surface area contributed by atoms with Crippen LogP contribution in [0, 0.1) is 0 Å². The third-order valence-corrected chi connectivity index (χ3v) is 4.12. The molecule has 2 aromatic rings. The second-order valence-corrected chi connectivity index (χ2v) is 5.54. The number of hydrogen-bond acceptors (Lipinski definition) is 6. The lowest BCUT2D eigenvalue weighted by Gasteiger charge is -2.31. The lowest BCUT2D eigenvalue weighted by atomic mass is 10.1. The fourth-order valence-corrected chi connectivity index (χ4v) is 2.97. The molecule has 0 spiro atoms. The third-order valence-electron chi connectivity index (χ3n) is 4.12. The summed E-state index contributed by atoms with van der Waals surface area (Å²) in [6.07, 6.45) is 2.73. The highest BCUT2D eigenvalue weighted by atomic mass is 16.5. The number of nitrogens with one attached hydrogen (secondary N) is 1. The Morgan fingerprint density at radius 3 is 2.86 bits per heavy atom. The summed E-state index contributed by atoms with van der Waals surface area (Å²) >= 11 is 0. The van der Waals surface area contributed by atoms with Crippen LogP contribution >= 0.6 is 0 Å². The average Bonchev–Trinajstić information content (AvgIpc) is 2.62. The molecule has 2 aromatic heterocycles. The van der Waals surface area contributed by atoms with Gasteiger partial charge >= 0.3 is 0 Å². The third kappa shape index (κ3) is 2.55. The van der Waals surface area contributed by atoms with E-state index in [1.54, 1.807) is 6.20 Å². The Labute approximate surface area is 129 Å². The SMILES string of the molecule is c1ccc(-c2nc3c(c(N4CCOCC4)n2)CNCC3)nc1. The molecule has 4 rings (SSSR count). The van der Waals surface area contributed by atoms with E-state index in [1.165, 1.54) is 5.56 Å². The molecule has 0 bridgehead atoms. The van der Waals surface area contributed by atoms with Crippen molar-refractivity contribution < 1.29 is 4.74 Å². The number of fused-ring (bicyclic) bond motifs is 1. The molecule has 22 heavy (non-hydrogen) atoms. The minimum Gasteiger partial charge on any atom is -0.378 e. The number of pyridine rings is 1. The Morgan fingerprint density at radius 2 is 2.05 bits per heavy atom. The predicted octanol–water partition coefficient (Wildman–Crippen LogP) is 1.02. The van der Waals surface area contributed by atoms with Gasteiger partial charge in [0.1, 0.15) is 11.5 Å². The van der Waals surface area contributed by atoms with Gasteiger partial charge in [0.15, 0.2) is 5.82 Å². The van der Waals surface area contributed by atoms with Gasteiger partial charge in [-0.05, 0) is 12.1 Å². The topological polar surface area (TPSA) is 63.2 Å². The van der Waals surface area contributed by atoms with Gasteiger partial charge in [0, 0.05) is 44.4 Å². The van der Waals surface area contributed by atoms with E-state index in [1.807, 2.05) is 18.2 Å². The van der Waals surface area contributed by atoms with E-state index in [2.05, 4.69) is 15.2 Å². The fraction of sp³-hybridized carbons (Fsp3) is 0.438. The Morgan fingerprint density at radius 1 is 1.14 bits per heavy atom. The maximum atomic E-state index is 5.47. The molecule has 1 fully saturated rings. The van der Waals surface area contributed by atoms with Crippen LogP contribution in [0.2, 0.25) is 0 Å². The number of hydrogen-bond donors (Lipinski definition) is 1. The van der Waals surface area contributed by atoms with Crippen LogP contribution < -0.4 is 10.2 Å². The molecule has 6 heteroatoms. The van der Waals surface area contributed by atoms with Gasteiger partial charge in [-0.2, -0.15) is 0 Å². The summed E-state index contributed by atoms with van der Waals surface area (Å²) in [5, 5.41) is 3.43. The molecule has 2 aliphatic heterocycles. The molecule has 0 amide bonds. The van der Waals surface area contributed by atoms with Crippen LogP contribution in [-0.2, 0) is 17.7 Å². The lowest BCUT2D eigenvalue weighted by molar-refractivity contribution is 0.122. The minimum absolute atomic E-state index is 0.725. The molecule has 114 valence electrons. The van der Waals surface area contributed by atoms with E-state index >= 15 is 0 Å². The molecule has 0 radical (unpaired) electrons. The lowest BCUT2D eigenvalue weighted by Crippen LogP contribution is -2.39. The van der Waals surface area contributed by atoms with Gasteiger partial charge in [-0.25, -0.2) is 9.97 Å². The highest BCUT2D eigenvalue weighted by Crippen LogP contribution is 2.27. The number of nitrogens with zero attached hydrogens (tertiary/aromatic N) is 4. The summed E-state index contributed by atoms with van der Waals surface area (Å²) in [6.45, 7) is 5.07. The summed E-state index contributed by atoms with van der Waals surface area (Å²) in [5.41, 5.74) is 3.21. The summed E-state index contributed by atoms with van der Waals surface area (Å²) in [7, 11) is 0. The van der Waals surface area contributed by atoms with Crippen molar-refractivity contribution in [2.24, 2.45) is 0 Å². The molecular formula is C16H19N5O. The van der Waals surface area contributed by atoms with Gasteiger partial charge in [0.2, 0.25) is 0 Å². The average molecular weight is 297 g/mol. The first-order valence-corrected chi connectivity index (χ1v) is 7.76. The van der Waals surface area contributed by atoms with Crippen molar-refractivity contribution in [3.63, 3.8) is 0 Å². The van der Waals surface area contributed by atoms with Crippen molar-refractivity contribution in [1.29, 1.82) is 0 Å². The molecule has 0 aliphatic carbocycles. The van der Waals surface area contributed by atoms with Crippen molar-refractivity contribution in [3.05, 3.63) is 35.7 Å². The van der Waals surface area contributed by atoms with Crippen molar-refractivity contribution in [1.82, 2.24) is 20.3 Å². The molecule has 0 unspecified atom stereocenters. The molecule has 1 saturated heterocycles. The van der Waals surface area contributed by atoms with Crippen molar-refractivity contribution in [2.75, 3.05) is 37.7 Å². The highest BCUT2D eigenvalue weighted by molar-refractivity contribution is 5.58. The molecule has 0 aromatic carbocycles. The first kappa shape index (κ1) is 13.6. The quantitative estimate of drug-likeness (QED) is 0.893. The van der Waals surface area contributed by atoms with Gasteiger partial charge in [0.05, 0.1) is 18.9 Å². The smallest absolute Gasteiger partial charge is 0.180 e. The molecule has 0 atom stereocenters. The summed E-state index contributed by atoms with van der Waals surface area (Å²) in [4.78, 5) is 16.3. The fourth-order valence-electron chi connectivity index (χ4n) is 2.97. The highest BCUT2D eigenvalue weighted by Gasteiger charge is 2.23. The molecule has 2 aliphatic rings. The Hall–Kier alpha value is -2.05. The molecular weight excluding hydrogens is 278 g/mol. The predicted molar refractivity (Wildman–Crippen MR) is 83.7 cm³/mol. The summed E-state index contributed by atoms with van der Waals surface area (Å²) in [6, 6.07) is 5.85. The zero-order valence-corrected chi connectivity index (χ0v) is 12.5. The Kier molecular flexibility index (Phi) is 3.70. The first-order valence-electron chi connectivity index (χ1n) is 7.76. The number of rotatable bonds is 2. The standard InChI is InChI=1S/C16H19N5O/c1-2-5-18-14(3-1)15-19-13-4-6-17-11-12(13)16(20-15)21-7-9-22-10-8-21/h1-3,5,17H,4,6-11H2. The zero-order chi connectivity index (χ0) is 14.8. The van der Waals surface area contributed by atoms with Gasteiger partial charge in [-0.15, -0.1) is 0 Å². The van der Waals surface area contributed by atoms with Crippen LogP contribution in [0.15, 0.2) is 24.4 Å². The van der Waals surface area contributed by atoms with Crippen LogP contribution in [0.4, 0.5) is 5.82 Å². The number of morpholine rings is 1. The van der Waals surface area contributed by atoms with E-state index in [9.17, 15) is 0 Å². The van der Waals surface area contributed by atoms with Crippen molar-refractivity contribution >= 4 is 5.82 Å². The number of anilines is 1.